The summed E-state index contributed by atoms with van der Waals surface area (Å²) in [4.78, 5) is 43.3. The van der Waals surface area contributed by atoms with Crippen LogP contribution in [-0.4, -0.2) is 46.4 Å². The molecule has 0 aromatic heterocycles. The van der Waals surface area contributed by atoms with Crippen LogP contribution in [0.15, 0.2) is 34.5 Å². The Bertz CT molecular complexity index is 968. The highest BCUT2D eigenvalue weighted by Gasteiger charge is 2.46. The Morgan fingerprint density at radius 3 is 2.53 bits per heavy atom. The molecule has 3 rings (SSSR count). The molecular formula is C21H24N2O6S. The first kappa shape index (κ1) is 21.9. The Morgan fingerprint density at radius 2 is 1.93 bits per heavy atom. The highest BCUT2D eigenvalue weighted by Crippen LogP contribution is 2.44. The normalized spacial score (nSPS) is 20.8. The molecule has 9 heteroatoms. The molecule has 0 bridgehead atoms. The minimum absolute atomic E-state index is 0.144. The lowest BCUT2D eigenvalue weighted by molar-refractivity contribution is -0.143. The van der Waals surface area contributed by atoms with Crippen LogP contribution in [0.25, 0.3) is 0 Å². The summed E-state index contributed by atoms with van der Waals surface area (Å²) >= 11 is 1.35. The summed E-state index contributed by atoms with van der Waals surface area (Å²) < 4.78 is 16.0. The second kappa shape index (κ2) is 8.51. The van der Waals surface area contributed by atoms with Crippen molar-refractivity contribution in [2.75, 3.05) is 7.11 Å². The van der Waals surface area contributed by atoms with Crippen LogP contribution in [0.3, 0.4) is 0 Å². The number of methoxy groups -OCH3 is 1. The van der Waals surface area contributed by atoms with E-state index in [1.165, 1.54) is 30.7 Å². The van der Waals surface area contributed by atoms with Crippen LogP contribution >= 0.6 is 11.8 Å². The number of aliphatic imine (C=N–C) groups is 1. The number of amidine groups is 1. The molecule has 2 aliphatic rings. The average Bonchev–Trinajstić information content (AvgIpc) is 2.93. The van der Waals surface area contributed by atoms with Gasteiger partial charge >= 0.3 is 11.9 Å². The minimum atomic E-state index is -0.728. The van der Waals surface area contributed by atoms with E-state index < -0.39 is 18.0 Å². The molecule has 0 saturated carbocycles. The van der Waals surface area contributed by atoms with Crippen molar-refractivity contribution in [3.8, 4) is 11.5 Å². The quantitative estimate of drug-likeness (QED) is 0.521. The number of hydrogen-bond acceptors (Lipinski definition) is 8. The summed E-state index contributed by atoms with van der Waals surface area (Å²) in [6, 6.07) is 4.21. The average molecular weight is 432 g/mol. The second-order valence-corrected chi connectivity index (χ2v) is 8.53. The van der Waals surface area contributed by atoms with E-state index in [0.29, 0.717) is 22.2 Å². The maximum atomic E-state index is 13.0. The molecular weight excluding hydrogens is 408 g/mol. The molecule has 30 heavy (non-hydrogen) atoms. The summed E-state index contributed by atoms with van der Waals surface area (Å²) in [5, 5.41) is 0.223. The molecule has 2 heterocycles. The van der Waals surface area contributed by atoms with Crippen LogP contribution in [0.1, 0.15) is 46.2 Å². The van der Waals surface area contributed by atoms with Gasteiger partial charge < -0.3 is 14.2 Å². The number of ether oxygens (including phenoxy) is 3. The van der Waals surface area contributed by atoms with Gasteiger partial charge in [0.15, 0.2) is 16.7 Å². The molecule has 1 fully saturated rings. The molecule has 1 aromatic rings. The Balaban J connectivity index is 2.14. The minimum Gasteiger partial charge on any atom is -0.493 e. The number of thioether (sulfide) groups is 1. The van der Waals surface area contributed by atoms with E-state index >= 15 is 0 Å². The van der Waals surface area contributed by atoms with Crippen LogP contribution in [-0.2, 0) is 19.1 Å². The molecule has 1 saturated heterocycles. The van der Waals surface area contributed by atoms with Crippen molar-refractivity contribution in [2.24, 2.45) is 4.99 Å². The molecule has 160 valence electrons. The standard InChI is InChI=1S/C21H24N2O6S/c1-10(2)28-20(26)17-11(3)22-21-23(19(25)12(4)30-21)18(17)14-7-8-15(29-13(5)24)16(9-14)27-6/h7-10,12,18H,1-6H3/t12-,18-/m0/s1. The van der Waals surface area contributed by atoms with Gasteiger partial charge in [0.2, 0.25) is 5.91 Å². The SMILES string of the molecule is COc1cc([C@H]2C(C(=O)OC(C)C)=C(C)N=C3S[C@@H](C)C(=O)N32)ccc1OC(C)=O. The molecule has 1 aromatic carbocycles. The molecule has 0 radical (unpaired) electrons. The first-order valence-electron chi connectivity index (χ1n) is 9.50. The van der Waals surface area contributed by atoms with E-state index in [9.17, 15) is 14.4 Å². The first-order chi connectivity index (χ1) is 14.1. The van der Waals surface area contributed by atoms with Gasteiger partial charge in [-0.2, -0.15) is 0 Å². The number of hydrogen-bond donors (Lipinski definition) is 0. The fourth-order valence-electron chi connectivity index (χ4n) is 3.35. The molecule has 0 unspecified atom stereocenters. The third-order valence-electron chi connectivity index (χ3n) is 4.58. The second-order valence-electron chi connectivity index (χ2n) is 7.22. The van der Waals surface area contributed by atoms with Crippen molar-refractivity contribution in [2.45, 2.75) is 52.0 Å². The van der Waals surface area contributed by atoms with E-state index in [1.807, 2.05) is 0 Å². The fraction of sp³-hybridized carbons (Fsp3) is 0.429. The summed E-state index contributed by atoms with van der Waals surface area (Å²) in [5.74, 6) is -0.593. The van der Waals surface area contributed by atoms with Crippen LogP contribution in [0.5, 0.6) is 11.5 Å². The van der Waals surface area contributed by atoms with E-state index in [4.69, 9.17) is 14.2 Å². The number of amides is 1. The maximum Gasteiger partial charge on any atom is 0.338 e. The van der Waals surface area contributed by atoms with Crippen molar-refractivity contribution >= 4 is 34.8 Å². The first-order valence-corrected chi connectivity index (χ1v) is 10.4. The zero-order valence-corrected chi connectivity index (χ0v) is 18.5. The lowest BCUT2D eigenvalue weighted by atomic mass is 9.94. The number of nitrogens with zero attached hydrogens (tertiary/aromatic N) is 2. The van der Waals surface area contributed by atoms with Crippen LogP contribution in [0, 0.1) is 0 Å². The van der Waals surface area contributed by atoms with Gasteiger partial charge in [0.25, 0.3) is 0 Å². The van der Waals surface area contributed by atoms with E-state index in [0.717, 1.165) is 0 Å². The van der Waals surface area contributed by atoms with Gasteiger partial charge in [0.05, 0.1) is 35.8 Å². The lowest BCUT2D eigenvalue weighted by Crippen LogP contribution is -2.40. The number of carbonyl (C=O) groups excluding carboxylic acids is 3. The Kier molecular flexibility index (Phi) is 6.21. The topological polar surface area (TPSA) is 94.5 Å². The number of fused-ring (bicyclic) bond motifs is 1. The van der Waals surface area contributed by atoms with Crippen LogP contribution < -0.4 is 9.47 Å². The lowest BCUT2D eigenvalue weighted by Gasteiger charge is -2.33. The predicted octanol–water partition coefficient (Wildman–Crippen LogP) is 3.22. The highest BCUT2D eigenvalue weighted by atomic mass is 32.2. The largest absolute Gasteiger partial charge is 0.493 e. The zero-order valence-electron chi connectivity index (χ0n) is 17.7. The Morgan fingerprint density at radius 1 is 1.23 bits per heavy atom. The number of rotatable bonds is 5. The smallest absolute Gasteiger partial charge is 0.338 e. The van der Waals surface area contributed by atoms with Gasteiger partial charge in [-0.15, -0.1) is 0 Å². The number of carbonyl (C=O) groups is 3. The maximum absolute atomic E-state index is 13.0. The van der Waals surface area contributed by atoms with Gasteiger partial charge in [0, 0.05) is 6.92 Å². The fourth-order valence-corrected chi connectivity index (χ4v) is 4.38. The van der Waals surface area contributed by atoms with Gasteiger partial charge in [-0.3, -0.25) is 14.5 Å². The van der Waals surface area contributed by atoms with Crippen molar-refractivity contribution in [1.29, 1.82) is 0 Å². The van der Waals surface area contributed by atoms with E-state index in [1.54, 1.807) is 45.9 Å². The molecule has 2 atom stereocenters. The van der Waals surface area contributed by atoms with Gasteiger partial charge in [-0.25, -0.2) is 9.79 Å². The van der Waals surface area contributed by atoms with Crippen LogP contribution in [0.4, 0.5) is 0 Å². The van der Waals surface area contributed by atoms with Gasteiger partial charge in [-0.05, 0) is 45.4 Å². The predicted molar refractivity (Wildman–Crippen MR) is 112 cm³/mol. The van der Waals surface area contributed by atoms with Crippen molar-refractivity contribution in [3.05, 3.63) is 35.0 Å². The summed E-state index contributed by atoms with van der Waals surface area (Å²) in [5.41, 5.74) is 1.40. The zero-order chi connectivity index (χ0) is 22.2. The summed E-state index contributed by atoms with van der Waals surface area (Å²) in [7, 11) is 1.45. The number of esters is 2. The van der Waals surface area contributed by atoms with Crippen LogP contribution in [0.2, 0.25) is 0 Å². The summed E-state index contributed by atoms with van der Waals surface area (Å²) in [6.07, 6.45) is -0.327. The molecule has 0 N–H and O–H groups in total. The van der Waals surface area contributed by atoms with Gasteiger partial charge in [0.1, 0.15) is 0 Å². The third-order valence-corrected chi connectivity index (χ3v) is 5.63. The Hall–Kier alpha value is -2.81. The third kappa shape index (κ3) is 4.07. The highest BCUT2D eigenvalue weighted by molar-refractivity contribution is 8.15. The van der Waals surface area contributed by atoms with Crippen molar-refractivity contribution in [3.63, 3.8) is 0 Å². The van der Waals surface area contributed by atoms with Crippen molar-refractivity contribution in [1.82, 2.24) is 4.90 Å². The number of allylic oxidation sites excluding steroid dienone is 1. The summed E-state index contributed by atoms with van der Waals surface area (Å²) in [6.45, 7) is 8.35. The van der Waals surface area contributed by atoms with E-state index in [-0.39, 0.29) is 28.6 Å². The molecule has 0 spiro atoms. The van der Waals surface area contributed by atoms with E-state index in [2.05, 4.69) is 4.99 Å². The molecule has 8 nitrogen and oxygen atoms in total. The van der Waals surface area contributed by atoms with Gasteiger partial charge in [-0.1, -0.05) is 17.8 Å². The van der Waals surface area contributed by atoms with Crippen molar-refractivity contribution < 1.29 is 28.6 Å². The monoisotopic (exact) mass is 432 g/mol. The molecule has 1 amide bonds. The number of benzene rings is 1. The molecule has 2 aliphatic heterocycles. The molecule has 0 aliphatic carbocycles. The Labute approximate surface area is 179 Å².